The molecule has 94 valence electrons. The standard InChI is InChI=1S/C12H16Br2N2O/c1-16-5-2-3-10(16)4-6-17-12-11(14)7-9(13)8-15-12/h7-8,10H,2-6H2,1H3. The Hall–Kier alpha value is -0.130. The Morgan fingerprint density at radius 3 is 3.00 bits per heavy atom. The number of likely N-dealkylation sites (tertiary alicyclic amines) is 1. The van der Waals surface area contributed by atoms with E-state index >= 15 is 0 Å². The quantitative estimate of drug-likeness (QED) is 0.818. The van der Waals surface area contributed by atoms with Crippen LogP contribution in [0.2, 0.25) is 0 Å². The van der Waals surface area contributed by atoms with Gasteiger partial charge in [-0.1, -0.05) is 0 Å². The maximum atomic E-state index is 5.70. The zero-order valence-corrected chi connectivity index (χ0v) is 13.0. The lowest BCUT2D eigenvalue weighted by Crippen LogP contribution is -2.26. The zero-order chi connectivity index (χ0) is 12.3. The minimum Gasteiger partial charge on any atom is -0.477 e. The van der Waals surface area contributed by atoms with Gasteiger partial charge in [0.05, 0.1) is 11.1 Å². The second kappa shape index (κ2) is 6.16. The molecule has 1 aliphatic heterocycles. The minimum absolute atomic E-state index is 0.671. The number of ether oxygens (including phenoxy) is 1. The van der Waals surface area contributed by atoms with E-state index in [-0.39, 0.29) is 0 Å². The monoisotopic (exact) mass is 362 g/mol. The molecule has 1 aliphatic rings. The molecule has 2 heterocycles. The van der Waals surface area contributed by atoms with Crippen LogP contribution in [-0.4, -0.2) is 36.1 Å². The summed E-state index contributed by atoms with van der Waals surface area (Å²) in [6.45, 7) is 1.94. The van der Waals surface area contributed by atoms with E-state index in [4.69, 9.17) is 4.74 Å². The van der Waals surface area contributed by atoms with Gasteiger partial charge in [-0.3, -0.25) is 0 Å². The molecule has 0 aliphatic carbocycles. The Balaban J connectivity index is 1.81. The Bertz CT molecular complexity index is 387. The van der Waals surface area contributed by atoms with Crippen molar-refractivity contribution in [2.45, 2.75) is 25.3 Å². The van der Waals surface area contributed by atoms with Gasteiger partial charge < -0.3 is 9.64 Å². The average molecular weight is 364 g/mol. The Labute approximate surface area is 119 Å². The van der Waals surface area contributed by atoms with E-state index < -0.39 is 0 Å². The fourth-order valence-corrected chi connectivity index (χ4v) is 3.25. The number of aromatic nitrogens is 1. The predicted molar refractivity (Wildman–Crippen MR) is 75.4 cm³/mol. The normalized spacial score (nSPS) is 20.8. The molecule has 0 saturated carbocycles. The van der Waals surface area contributed by atoms with Crippen molar-refractivity contribution in [2.24, 2.45) is 0 Å². The van der Waals surface area contributed by atoms with Crippen molar-refractivity contribution in [3.8, 4) is 5.88 Å². The molecule has 1 saturated heterocycles. The van der Waals surface area contributed by atoms with Gasteiger partial charge in [0.25, 0.3) is 0 Å². The van der Waals surface area contributed by atoms with Crippen LogP contribution in [0.1, 0.15) is 19.3 Å². The van der Waals surface area contributed by atoms with Crippen molar-refractivity contribution in [3.63, 3.8) is 0 Å². The first kappa shape index (κ1) is 13.3. The molecule has 3 nitrogen and oxygen atoms in total. The van der Waals surface area contributed by atoms with Crippen LogP contribution in [0, 0.1) is 0 Å². The third-order valence-corrected chi connectivity index (χ3v) is 4.14. The van der Waals surface area contributed by atoms with Crippen LogP contribution in [0.3, 0.4) is 0 Å². The number of nitrogens with zero attached hydrogens (tertiary/aromatic N) is 2. The van der Waals surface area contributed by atoms with Crippen molar-refractivity contribution >= 4 is 31.9 Å². The summed E-state index contributed by atoms with van der Waals surface area (Å²) in [5.74, 6) is 0.675. The van der Waals surface area contributed by atoms with Crippen LogP contribution < -0.4 is 4.74 Å². The van der Waals surface area contributed by atoms with Crippen LogP contribution in [0.25, 0.3) is 0 Å². The van der Waals surface area contributed by atoms with Gasteiger partial charge in [0.2, 0.25) is 5.88 Å². The molecule has 0 N–H and O–H groups in total. The molecular formula is C12H16Br2N2O. The molecule has 17 heavy (non-hydrogen) atoms. The highest BCUT2D eigenvalue weighted by Gasteiger charge is 2.20. The molecule has 1 aromatic rings. The van der Waals surface area contributed by atoms with Crippen LogP contribution in [0.4, 0.5) is 0 Å². The Kier molecular flexibility index (Phi) is 4.82. The van der Waals surface area contributed by atoms with E-state index in [1.807, 2.05) is 6.07 Å². The summed E-state index contributed by atoms with van der Waals surface area (Å²) < 4.78 is 7.54. The molecule has 2 rings (SSSR count). The van der Waals surface area contributed by atoms with Gasteiger partial charge in [0, 0.05) is 16.7 Å². The summed E-state index contributed by atoms with van der Waals surface area (Å²) in [4.78, 5) is 6.64. The van der Waals surface area contributed by atoms with Crippen LogP contribution in [0.5, 0.6) is 5.88 Å². The first-order valence-electron chi connectivity index (χ1n) is 5.81. The molecule has 1 fully saturated rings. The van der Waals surface area contributed by atoms with E-state index in [1.165, 1.54) is 19.4 Å². The molecule has 0 bridgehead atoms. The first-order chi connectivity index (χ1) is 8.16. The van der Waals surface area contributed by atoms with Gasteiger partial charge in [-0.25, -0.2) is 4.98 Å². The van der Waals surface area contributed by atoms with Crippen LogP contribution in [-0.2, 0) is 0 Å². The third-order valence-electron chi connectivity index (χ3n) is 3.14. The molecule has 0 aromatic carbocycles. The summed E-state index contributed by atoms with van der Waals surface area (Å²) in [7, 11) is 2.19. The molecule has 0 amide bonds. The molecule has 1 atom stereocenters. The van der Waals surface area contributed by atoms with Gasteiger partial charge in [0.1, 0.15) is 0 Å². The van der Waals surface area contributed by atoms with Crippen molar-refractivity contribution in [1.82, 2.24) is 9.88 Å². The highest BCUT2D eigenvalue weighted by atomic mass is 79.9. The largest absolute Gasteiger partial charge is 0.477 e. The maximum Gasteiger partial charge on any atom is 0.228 e. The summed E-state index contributed by atoms with van der Waals surface area (Å²) in [6.07, 6.45) is 5.42. The van der Waals surface area contributed by atoms with Gasteiger partial charge in [0.15, 0.2) is 0 Å². The number of hydrogen-bond donors (Lipinski definition) is 0. The summed E-state index contributed by atoms with van der Waals surface area (Å²) >= 11 is 6.82. The highest BCUT2D eigenvalue weighted by molar-refractivity contribution is 9.11. The number of pyridine rings is 1. The van der Waals surface area contributed by atoms with Crippen molar-refractivity contribution in [1.29, 1.82) is 0 Å². The van der Waals surface area contributed by atoms with Crippen LogP contribution >= 0.6 is 31.9 Å². The molecule has 5 heteroatoms. The fraction of sp³-hybridized carbons (Fsp3) is 0.583. The lowest BCUT2D eigenvalue weighted by Gasteiger charge is -2.19. The molecule has 0 spiro atoms. The van der Waals surface area contributed by atoms with Crippen molar-refractivity contribution < 1.29 is 4.74 Å². The summed E-state index contributed by atoms with van der Waals surface area (Å²) in [6, 6.07) is 2.62. The third kappa shape index (κ3) is 3.66. The fourth-order valence-electron chi connectivity index (χ4n) is 2.14. The molecule has 1 aromatic heterocycles. The molecule has 0 radical (unpaired) electrons. The minimum atomic E-state index is 0.671. The maximum absolute atomic E-state index is 5.70. The first-order valence-corrected chi connectivity index (χ1v) is 7.39. The van der Waals surface area contributed by atoms with Crippen molar-refractivity contribution in [2.75, 3.05) is 20.2 Å². The van der Waals surface area contributed by atoms with Gasteiger partial charge in [-0.15, -0.1) is 0 Å². The molecular weight excluding hydrogens is 348 g/mol. The lowest BCUT2D eigenvalue weighted by atomic mass is 10.1. The average Bonchev–Trinajstić information content (AvgIpc) is 2.68. The smallest absolute Gasteiger partial charge is 0.228 e. The van der Waals surface area contributed by atoms with Crippen LogP contribution in [0.15, 0.2) is 21.2 Å². The van der Waals surface area contributed by atoms with E-state index in [9.17, 15) is 0 Å². The second-order valence-electron chi connectivity index (χ2n) is 4.35. The Morgan fingerprint density at radius 2 is 2.35 bits per heavy atom. The lowest BCUT2D eigenvalue weighted by molar-refractivity contribution is 0.227. The van der Waals surface area contributed by atoms with E-state index in [0.29, 0.717) is 11.9 Å². The highest BCUT2D eigenvalue weighted by Crippen LogP contribution is 2.26. The van der Waals surface area contributed by atoms with E-state index in [1.54, 1.807) is 6.20 Å². The second-order valence-corrected chi connectivity index (χ2v) is 6.12. The molecule has 1 unspecified atom stereocenters. The topological polar surface area (TPSA) is 25.4 Å². The van der Waals surface area contributed by atoms with Gasteiger partial charge >= 0.3 is 0 Å². The van der Waals surface area contributed by atoms with E-state index in [0.717, 1.165) is 22.0 Å². The van der Waals surface area contributed by atoms with Gasteiger partial charge in [-0.2, -0.15) is 0 Å². The predicted octanol–water partition coefficient (Wildman–Crippen LogP) is 3.47. The summed E-state index contributed by atoms with van der Waals surface area (Å²) in [5.41, 5.74) is 0. The van der Waals surface area contributed by atoms with Crippen molar-refractivity contribution in [3.05, 3.63) is 21.2 Å². The van der Waals surface area contributed by atoms with Gasteiger partial charge in [-0.05, 0) is 70.8 Å². The number of rotatable bonds is 4. The van der Waals surface area contributed by atoms with E-state index in [2.05, 4.69) is 48.8 Å². The number of halogens is 2. The Morgan fingerprint density at radius 1 is 1.53 bits per heavy atom. The SMILES string of the molecule is CN1CCCC1CCOc1ncc(Br)cc1Br. The number of hydrogen-bond acceptors (Lipinski definition) is 3. The summed E-state index contributed by atoms with van der Waals surface area (Å²) in [5, 5.41) is 0. The zero-order valence-electron chi connectivity index (χ0n) is 9.83.